The largest absolute Gasteiger partial charge is 0.356 e. The van der Waals surface area contributed by atoms with Crippen LogP contribution in [0.5, 0.6) is 0 Å². The molecule has 1 atom stereocenters. The Morgan fingerprint density at radius 3 is 3.05 bits per heavy atom. The third-order valence-corrected chi connectivity index (χ3v) is 4.91. The molecule has 22 heavy (non-hydrogen) atoms. The molecule has 0 saturated carbocycles. The zero-order chi connectivity index (χ0) is 15.8. The lowest BCUT2D eigenvalue weighted by Crippen LogP contribution is -2.40. The van der Waals surface area contributed by atoms with Crippen molar-refractivity contribution in [1.82, 2.24) is 10.2 Å². The summed E-state index contributed by atoms with van der Waals surface area (Å²) in [6, 6.07) is 8.69. The van der Waals surface area contributed by atoms with Gasteiger partial charge in [0.15, 0.2) is 0 Å². The van der Waals surface area contributed by atoms with Gasteiger partial charge in [-0.2, -0.15) is 0 Å². The molecule has 1 aromatic rings. The molecule has 1 fully saturated rings. The first kappa shape index (κ1) is 17.5. The predicted octanol–water partition coefficient (Wildman–Crippen LogP) is 3.76. The summed E-state index contributed by atoms with van der Waals surface area (Å²) >= 11 is 3.44. The summed E-state index contributed by atoms with van der Waals surface area (Å²) in [6.45, 7) is 5.39. The predicted molar refractivity (Wildman–Crippen MR) is 95.0 cm³/mol. The summed E-state index contributed by atoms with van der Waals surface area (Å²) in [5, 5.41) is 3.04. The Bertz CT molecular complexity index is 478. The van der Waals surface area contributed by atoms with Gasteiger partial charge in [-0.25, -0.2) is 0 Å². The molecule has 1 amide bonds. The summed E-state index contributed by atoms with van der Waals surface area (Å²) in [4.78, 5) is 14.6. The Hall–Kier alpha value is -0.870. The van der Waals surface area contributed by atoms with Crippen LogP contribution in [0.4, 0.5) is 0 Å². The lowest BCUT2D eigenvalue weighted by molar-refractivity contribution is -0.120. The summed E-state index contributed by atoms with van der Waals surface area (Å²) in [7, 11) is 0. The summed E-state index contributed by atoms with van der Waals surface area (Å²) in [5.74, 6) is 0.115. The van der Waals surface area contributed by atoms with Crippen LogP contribution >= 0.6 is 15.9 Å². The van der Waals surface area contributed by atoms with Crippen molar-refractivity contribution in [2.24, 2.45) is 0 Å². The molecule has 1 N–H and O–H groups in total. The average molecular weight is 367 g/mol. The van der Waals surface area contributed by atoms with E-state index in [9.17, 15) is 4.79 Å². The molecule has 1 heterocycles. The maximum absolute atomic E-state index is 12.0. The third-order valence-electron chi connectivity index (χ3n) is 4.42. The molecular weight excluding hydrogens is 340 g/mol. The van der Waals surface area contributed by atoms with Gasteiger partial charge in [-0.05, 0) is 49.9 Å². The van der Waals surface area contributed by atoms with Crippen molar-refractivity contribution >= 4 is 21.8 Å². The number of carbonyl (C=O) groups is 1. The van der Waals surface area contributed by atoms with Crippen LogP contribution in [-0.4, -0.2) is 36.5 Å². The molecule has 0 spiro atoms. The third kappa shape index (κ3) is 5.73. The second-order valence-electron chi connectivity index (χ2n) is 6.10. The first-order valence-corrected chi connectivity index (χ1v) is 9.23. The maximum Gasteiger partial charge on any atom is 0.224 e. The van der Waals surface area contributed by atoms with Crippen LogP contribution < -0.4 is 5.32 Å². The van der Waals surface area contributed by atoms with E-state index in [0.29, 0.717) is 6.42 Å². The van der Waals surface area contributed by atoms with Crippen molar-refractivity contribution in [3.8, 4) is 0 Å². The van der Waals surface area contributed by atoms with Crippen LogP contribution in [0.25, 0.3) is 0 Å². The van der Waals surface area contributed by atoms with E-state index in [1.165, 1.54) is 32.2 Å². The van der Waals surface area contributed by atoms with Crippen molar-refractivity contribution in [2.75, 3.05) is 19.6 Å². The highest BCUT2D eigenvalue weighted by atomic mass is 79.9. The van der Waals surface area contributed by atoms with E-state index in [1.807, 2.05) is 24.3 Å². The summed E-state index contributed by atoms with van der Waals surface area (Å²) in [6.07, 6.45) is 6.78. The van der Waals surface area contributed by atoms with E-state index in [1.54, 1.807) is 0 Å². The standard InChI is InChI=1S/C18H27BrN2O/c1-2-17-9-3-4-11-21(17)12-6-10-20-18(22)14-15-7-5-8-16(19)13-15/h5,7-8,13,17H,2-4,6,9-12,14H2,1H3,(H,20,22)/t17-/m1/s1. The van der Waals surface area contributed by atoms with E-state index in [-0.39, 0.29) is 5.91 Å². The number of nitrogens with one attached hydrogen (secondary N) is 1. The van der Waals surface area contributed by atoms with E-state index in [0.717, 1.165) is 35.6 Å². The van der Waals surface area contributed by atoms with Gasteiger partial charge in [-0.1, -0.05) is 41.4 Å². The van der Waals surface area contributed by atoms with E-state index < -0.39 is 0 Å². The molecule has 1 aliphatic rings. The van der Waals surface area contributed by atoms with Gasteiger partial charge in [0.25, 0.3) is 0 Å². The minimum Gasteiger partial charge on any atom is -0.356 e. The van der Waals surface area contributed by atoms with E-state index >= 15 is 0 Å². The second kappa shape index (κ2) is 9.31. The number of nitrogens with zero attached hydrogens (tertiary/aromatic N) is 1. The Labute approximate surface area is 142 Å². The Morgan fingerprint density at radius 2 is 2.27 bits per heavy atom. The van der Waals surface area contributed by atoms with Crippen LogP contribution in [0.1, 0.15) is 44.6 Å². The van der Waals surface area contributed by atoms with Crippen molar-refractivity contribution < 1.29 is 4.79 Å². The second-order valence-corrected chi connectivity index (χ2v) is 7.02. The number of amides is 1. The normalized spacial score (nSPS) is 19.1. The number of halogens is 1. The maximum atomic E-state index is 12.0. The van der Waals surface area contributed by atoms with Crippen molar-refractivity contribution in [3.63, 3.8) is 0 Å². The van der Waals surface area contributed by atoms with Gasteiger partial charge in [0.1, 0.15) is 0 Å². The Kier molecular flexibility index (Phi) is 7.40. The molecule has 0 aliphatic carbocycles. The van der Waals surface area contributed by atoms with Crippen LogP contribution in [0.2, 0.25) is 0 Å². The first-order chi connectivity index (χ1) is 10.7. The molecule has 3 nitrogen and oxygen atoms in total. The van der Waals surface area contributed by atoms with Crippen LogP contribution in [-0.2, 0) is 11.2 Å². The lowest BCUT2D eigenvalue weighted by Gasteiger charge is -2.35. The molecule has 1 aliphatic heterocycles. The fraction of sp³-hybridized carbons (Fsp3) is 0.611. The summed E-state index contributed by atoms with van der Waals surface area (Å²) in [5.41, 5.74) is 1.05. The van der Waals surface area contributed by atoms with E-state index in [2.05, 4.69) is 33.1 Å². The monoisotopic (exact) mass is 366 g/mol. The molecule has 0 radical (unpaired) electrons. The molecule has 4 heteroatoms. The van der Waals surface area contributed by atoms with Crippen LogP contribution in [0.15, 0.2) is 28.7 Å². The van der Waals surface area contributed by atoms with E-state index in [4.69, 9.17) is 0 Å². The quantitative estimate of drug-likeness (QED) is 0.745. The molecule has 0 unspecified atom stereocenters. The van der Waals surface area contributed by atoms with Crippen molar-refractivity contribution in [1.29, 1.82) is 0 Å². The van der Waals surface area contributed by atoms with Gasteiger partial charge >= 0.3 is 0 Å². The molecule has 1 saturated heterocycles. The van der Waals surface area contributed by atoms with Crippen molar-refractivity contribution in [2.45, 2.75) is 51.5 Å². The number of rotatable bonds is 7. The van der Waals surface area contributed by atoms with Gasteiger partial charge in [0.05, 0.1) is 6.42 Å². The van der Waals surface area contributed by atoms with Crippen molar-refractivity contribution in [3.05, 3.63) is 34.3 Å². The fourth-order valence-electron chi connectivity index (χ4n) is 3.22. The Morgan fingerprint density at radius 1 is 1.41 bits per heavy atom. The van der Waals surface area contributed by atoms with Crippen LogP contribution in [0.3, 0.4) is 0 Å². The minimum atomic E-state index is 0.115. The molecule has 0 bridgehead atoms. The topological polar surface area (TPSA) is 32.3 Å². The Balaban J connectivity index is 1.64. The number of benzene rings is 1. The number of hydrogen-bond acceptors (Lipinski definition) is 2. The molecule has 0 aromatic heterocycles. The molecular formula is C18H27BrN2O. The first-order valence-electron chi connectivity index (χ1n) is 8.44. The van der Waals surface area contributed by atoms with Gasteiger partial charge in [0.2, 0.25) is 5.91 Å². The van der Waals surface area contributed by atoms with Gasteiger partial charge in [-0.3, -0.25) is 4.79 Å². The molecule has 2 rings (SSSR count). The smallest absolute Gasteiger partial charge is 0.224 e. The highest BCUT2D eigenvalue weighted by Gasteiger charge is 2.19. The zero-order valence-corrected chi connectivity index (χ0v) is 15.1. The lowest BCUT2D eigenvalue weighted by atomic mass is 10.00. The number of hydrogen-bond donors (Lipinski definition) is 1. The molecule has 122 valence electrons. The van der Waals surface area contributed by atoms with Gasteiger partial charge < -0.3 is 10.2 Å². The highest BCUT2D eigenvalue weighted by molar-refractivity contribution is 9.10. The SMILES string of the molecule is CC[C@@H]1CCCCN1CCCNC(=O)Cc1cccc(Br)c1. The fourth-order valence-corrected chi connectivity index (χ4v) is 3.67. The van der Waals surface area contributed by atoms with Crippen LogP contribution in [0, 0.1) is 0 Å². The number of piperidine rings is 1. The van der Waals surface area contributed by atoms with Gasteiger partial charge in [-0.15, -0.1) is 0 Å². The number of likely N-dealkylation sites (tertiary alicyclic amines) is 1. The highest BCUT2D eigenvalue weighted by Crippen LogP contribution is 2.19. The molecule has 1 aromatic carbocycles. The average Bonchev–Trinajstić information content (AvgIpc) is 2.52. The van der Waals surface area contributed by atoms with Gasteiger partial charge in [0, 0.05) is 23.6 Å². The zero-order valence-electron chi connectivity index (χ0n) is 13.5. The number of carbonyl (C=O) groups excluding carboxylic acids is 1. The summed E-state index contributed by atoms with van der Waals surface area (Å²) < 4.78 is 1.02. The minimum absolute atomic E-state index is 0.115.